The van der Waals surface area contributed by atoms with Crippen molar-refractivity contribution in [2.24, 2.45) is 0 Å². The van der Waals surface area contributed by atoms with Crippen LogP contribution in [0.4, 0.5) is 10.5 Å². The van der Waals surface area contributed by atoms with Gasteiger partial charge in [0.15, 0.2) is 0 Å². The molecular weight excluding hydrogens is 308 g/mol. The largest absolute Gasteiger partial charge is 0.464 e. The molecule has 1 aromatic rings. The van der Waals surface area contributed by atoms with Crippen LogP contribution in [0, 0.1) is 0 Å². The second kappa shape index (κ2) is 5.61. The van der Waals surface area contributed by atoms with Gasteiger partial charge >= 0.3 is 12.0 Å². The number of nitrogens with zero attached hydrogens (tertiary/aromatic N) is 2. The molecule has 22 heavy (non-hydrogen) atoms. The summed E-state index contributed by atoms with van der Waals surface area (Å²) in [5.41, 5.74) is 0.416. The third-order valence-corrected chi connectivity index (χ3v) is 4.16. The number of urea groups is 1. The molecular formula is C15H15ClN2O4. The predicted octanol–water partition coefficient (Wildman–Crippen LogP) is 2.20. The molecule has 0 aromatic heterocycles. The first-order valence-electron chi connectivity index (χ1n) is 7.13. The summed E-state index contributed by atoms with van der Waals surface area (Å²) < 4.78 is 4.99. The number of halogens is 1. The zero-order valence-corrected chi connectivity index (χ0v) is 12.7. The summed E-state index contributed by atoms with van der Waals surface area (Å²) in [5, 5.41) is 0.437. The molecule has 0 radical (unpaired) electrons. The molecule has 2 heterocycles. The number of benzene rings is 1. The van der Waals surface area contributed by atoms with Gasteiger partial charge in [-0.3, -0.25) is 9.69 Å². The molecule has 0 spiro atoms. The molecule has 3 amide bonds. The molecule has 3 rings (SSSR count). The Morgan fingerprint density at radius 3 is 2.82 bits per heavy atom. The number of anilines is 1. The van der Waals surface area contributed by atoms with Gasteiger partial charge in [0.05, 0.1) is 12.3 Å². The standard InChI is InChI=1S/C15H15ClN2O4/c1-2-22-14(20)12-7-6-11-13(19)17(15(21)18(11)12)10-5-3-4-9(16)8-10/h3-5,8,11-12H,2,6-7H2,1H3/t11-,12-/m1/s1. The molecule has 7 heteroatoms. The number of hydrogen-bond acceptors (Lipinski definition) is 4. The number of rotatable bonds is 3. The summed E-state index contributed by atoms with van der Waals surface area (Å²) in [4.78, 5) is 39.5. The first kappa shape index (κ1) is 14.8. The van der Waals surface area contributed by atoms with Crippen LogP contribution in [-0.4, -0.2) is 41.5 Å². The van der Waals surface area contributed by atoms with E-state index in [1.807, 2.05) is 0 Å². The third-order valence-electron chi connectivity index (χ3n) is 3.93. The molecule has 0 N–H and O–H groups in total. The van der Waals surface area contributed by atoms with E-state index in [1.54, 1.807) is 31.2 Å². The van der Waals surface area contributed by atoms with Crippen LogP contribution in [0.15, 0.2) is 24.3 Å². The van der Waals surface area contributed by atoms with Crippen LogP contribution in [0.5, 0.6) is 0 Å². The zero-order chi connectivity index (χ0) is 15.9. The number of carbonyl (C=O) groups is 3. The highest BCUT2D eigenvalue weighted by Gasteiger charge is 2.54. The van der Waals surface area contributed by atoms with Gasteiger partial charge in [-0.2, -0.15) is 0 Å². The summed E-state index contributed by atoms with van der Waals surface area (Å²) in [6.07, 6.45) is 0.912. The fourth-order valence-corrected chi connectivity index (χ4v) is 3.19. The molecule has 2 atom stereocenters. The van der Waals surface area contributed by atoms with Gasteiger partial charge < -0.3 is 4.74 Å². The SMILES string of the molecule is CCOC(=O)[C@H]1CC[C@@H]2C(=O)N(c3cccc(Cl)c3)C(=O)N12. The average molecular weight is 323 g/mol. The maximum atomic E-state index is 12.6. The van der Waals surface area contributed by atoms with E-state index in [9.17, 15) is 14.4 Å². The number of hydrogen-bond donors (Lipinski definition) is 0. The Labute approximate surface area is 132 Å². The van der Waals surface area contributed by atoms with Crippen molar-refractivity contribution in [2.75, 3.05) is 11.5 Å². The average Bonchev–Trinajstić information content (AvgIpc) is 3.01. The predicted molar refractivity (Wildman–Crippen MR) is 79.6 cm³/mol. The van der Waals surface area contributed by atoms with Crippen molar-refractivity contribution in [3.05, 3.63) is 29.3 Å². The van der Waals surface area contributed by atoms with Crippen molar-refractivity contribution in [1.29, 1.82) is 0 Å². The third kappa shape index (κ3) is 2.23. The highest BCUT2D eigenvalue weighted by Crippen LogP contribution is 2.36. The number of fused-ring (bicyclic) bond motifs is 1. The molecule has 6 nitrogen and oxygen atoms in total. The fraction of sp³-hybridized carbons (Fsp3) is 0.400. The van der Waals surface area contributed by atoms with Crippen LogP contribution >= 0.6 is 11.6 Å². The minimum absolute atomic E-state index is 0.244. The number of ether oxygens (including phenoxy) is 1. The maximum Gasteiger partial charge on any atom is 0.332 e. The molecule has 1 aromatic carbocycles. The normalized spacial score (nSPS) is 23.9. The van der Waals surface area contributed by atoms with E-state index in [0.29, 0.717) is 23.6 Å². The van der Waals surface area contributed by atoms with Gasteiger partial charge in [0.1, 0.15) is 12.1 Å². The van der Waals surface area contributed by atoms with Crippen LogP contribution in [0.1, 0.15) is 19.8 Å². The lowest BCUT2D eigenvalue weighted by Crippen LogP contribution is -2.43. The zero-order valence-electron chi connectivity index (χ0n) is 12.0. The van der Waals surface area contributed by atoms with Crippen LogP contribution in [0.3, 0.4) is 0 Å². The second-order valence-corrected chi connectivity index (χ2v) is 5.64. The molecule has 0 bridgehead atoms. The Morgan fingerprint density at radius 1 is 1.36 bits per heavy atom. The first-order valence-corrected chi connectivity index (χ1v) is 7.51. The summed E-state index contributed by atoms with van der Waals surface area (Å²) in [6, 6.07) is 4.75. The van der Waals surface area contributed by atoms with Gasteiger partial charge in [0.2, 0.25) is 0 Å². The van der Waals surface area contributed by atoms with Gasteiger partial charge in [-0.1, -0.05) is 17.7 Å². The maximum absolute atomic E-state index is 12.6. The molecule has 2 aliphatic heterocycles. The van der Waals surface area contributed by atoms with E-state index >= 15 is 0 Å². The minimum atomic E-state index is -0.689. The van der Waals surface area contributed by atoms with Crippen molar-refractivity contribution in [1.82, 2.24) is 4.90 Å². The van der Waals surface area contributed by atoms with Crippen LogP contribution < -0.4 is 4.90 Å². The van der Waals surface area contributed by atoms with Crippen LogP contribution in [-0.2, 0) is 14.3 Å². The summed E-state index contributed by atoms with van der Waals surface area (Å²) in [6.45, 7) is 1.95. The Bertz CT molecular complexity index is 648. The lowest BCUT2D eigenvalue weighted by molar-refractivity contribution is -0.147. The van der Waals surface area contributed by atoms with E-state index in [2.05, 4.69) is 0 Å². The number of imide groups is 1. The van der Waals surface area contributed by atoms with Crippen LogP contribution in [0.2, 0.25) is 5.02 Å². The van der Waals surface area contributed by atoms with E-state index in [-0.39, 0.29) is 12.5 Å². The minimum Gasteiger partial charge on any atom is -0.464 e. The monoisotopic (exact) mass is 322 g/mol. The number of amides is 3. The Morgan fingerprint density at radius 2 is 2.14 bits per heavy atom. The lowest BCUT2D eigenvalue weighted by atomic mass is 10.1. The summed E-state index contributed by atoms with van der Waals surface area (Å²) in [5.74, 6) is -0.779. The van der Waals surface area contributed by atoms with Gasteiger partial charge in [-0.15, -0.1) is 0 Å². The van der Waals surface area contributed by atoms with Crippen LogP contribution in [0.25, 0.3) is 0 Å². The molecule has 2 saturated heterocycles. The van der Waals surface area contributed by atoms with Crippen molar-refractivity contribution in [2.45, 2.75) is 31.8 Å². The summed E-state index contributed by atoms with van der Waals surface area (Å²) in [7, 11) is 0. The van der Waals surface area contributed by atoms with Crippen molar-refractivity contribution >= 4 is 35.2 Å². The highest BCUT2D eigenvalue weighted by molar-refractivity contribution is 6.31. The smallest absolute Gasteiger partial charge is 0.332 e. The summed E-state index contributed by atoms with van der Waals surface area (Å²) >= 11 is 5.92. The Balaban J connectivity index is 1.90. The topological polar surface area (TPSA) is 66.9 Å². The highest BCUT2D eigenvalue weighted by atomic mass is 35.5. The molecule has 0 saturated carbocycles. The molecule has 116 valence electrons. The van der Waals surface area contributed by atoms with E-state index < -0.39 is 24.1 Å². The molecule has 2 aliphatic rings. The van der Waals surface area contributed by atoms with Gasteiger partial charge in [0, 0.05) is 5.02 Å². The van der Waals surface area contributed by atoms with E-state index in [4.69, 9.17) is 16.3 Å². The number of esters is 1. The van der Waals surface area contributed by atoms with Gasteiger partial charge in [-0.25, -0.2) is 14.5 Å². The molecule has 0 unspecified atom stereocenters. The Hall–Kier alpha value is -2.08. The van der Waals surface area contributed by atoms with E-state index in [0.717, 1.165) is 4.90 Å². The lowest BCUT2D eigenvalue weighted by Gasteiger charge is -2.21. The van der Waals surface area contributed by atoms with E-state index in [1.165, 1.54) is 4.90 Å². The Kier molecular flexibility index (Phi) is 3.78. The second-order valence-electron chi connectivity index (χ2n) is 5.20. The van der Waals surface area contributed by atoms with Crippen molar-refractivity contribution < 1.29 is 19.1 Å². The number of carbonyl (C=O) groups excluding carboxylic acids is 3. The first-order chi connectivity index (χ1) is 10.5. The van der Waals surface area contributed by atoms with Crippen molar-refractivity contribution in [3.8, 4) is 0 Å². The van der Waals surface area contributed by atoms with Gasteiger partial charge in [-0.05, 0) is 38.0 Å². The van der Waals surface area contributed by atoms with Gasteiger partial charge in [0.25, 0.3) is 5.91 Å². The van der Waals surface area contributed by atoms with Crippen molar-refractivity contribution in [3.63, 3.8) is 0 Å². The molecule has 0 aliphatic carbocycles. The molecule has 2 fully saturated rings. The fourth-order valence-electron chi connectivity index (χ4n) is 3.00. The quantitative estimate of drug-likeness (QED) is 0.632.